The lowest BCUT2D eigenvalue weighted by molar-refractivity contribution is 1.47. The van der Waals surface area contributed by atoms with Crippen LogP contribution in [0.2, 0.25) is 5.02 Å². The molecule has 0 N–H and O–H groups in total. The molecule has 0 atom stereocenters. The molecule has 14 heavy (non-hydrogen) atoms. The maximum absolute atomic E-state index is 8.54. The molecule has 1 aromatic carbocycles. The normalized spacial score (nSPS) is 8.57. The maximum atomic E-state index is 8.54. The van der Waals surface area contributed by atoms with E-state index in [-0.39, 0.29) is 5.57 Å². The van der Waals surface area contributed by atoms with Crippen molar-refractivity contribution in [3.63, 3.8) is 0 Å². The standard InChI is InChI=1S/C10H4ClIN2/c11-9-4-7(1-2-10(9)12)3-8(5-13)6-14/h1-4H. The molecule has 1 rings (SSSR count). The fourth-order valence-corrected chi connectivity index (χ4v) is 1.38. The molecule has 0 heterocycles. The van der Waals surface area contributed by atoms with Crippen molar-refractivity contribution in [2.45, 2.75) is 0 Å². The van der Waals surface area contributed by atoms with Crippen molar-refractivity contribution in [1.82, 2.24) is 0 Å². The molecule has 0 saturated carbocycles. The van der Waals surface area contributed by atoms with Gasteiger partial charge in [0.1, 0.15) is 17.7 Å². The van der Waals surface area contributed by atoms with Gasteiger partial charge in [-0.1, -0.05) is 17.7 Å². The number of benzene rings is 1. The quantitative estimate of drug-likeness (QED) is 0.589. The molecule has 0 unspecified atom stereocenters. The number of allylic oxidation sites excluding steroid dienone is 1. The number of rotatable bonds is 1. The summed E-state index contributed by atoms with van der Waals surface area (Å²) in [6, 6.07) is 8.94. The molecule has 0 amide bonds. The van der Waals surface area contributed by atoms with Crippen LogP contribution in [0.25, 0.3) is 6.08 Å². The van der Waals surface area contributed by atoms with Crippen LogP contribution in [-0.2, 0) is 0 Å². The van der Waals surface area contributed by atoms with Crippen molar-refractivity contribution < 1.29 is 0 Å². The summed E-state index contributed by atoms with van der Waals surface area (Å²) < 4.78 is 0.942. The third-order valence-corrected chi connectivity index (χ3v) is 3.07. The van der Waals surface area contributed by atoms with Gasteiger partial charge in [-0.15, -0.1) is 0 Å². The van der Waals surface area contributed by atoms with Gasteiger partial charge in [0.15, 0.2) is 0 Å². The minimum Gasteiger partial charge on any atom is -0.192 e. The van der Waals surface area contributed by atoms with Crippen molar-refractivity contribution >= 4 is 40.3 Å². The number of nitrogens with zero attached hydrogens (tertiary/aromatic N) is 2. The molecule has 0 spiro atoms. The zero-order valence-electron chi connectivity index (χ0n) is 6.96. The van der Waals surface area contributed by atoms with Crippen LogP contribution in [0.3, 0.4) is 0 Å². The largest absolute Gasteiger partial charge is 0.192 e. The molecule has 0 bridgehead atoms. The Bertz CT molecular complexity index is 450. The summed E-state index contributed by atoms with van der Waals surface area (Å²) in [6.45, 7) is 0. The van der Waals surface area contributed by atoms with E-state index in [1.807, 2.05) is 12.1 Å². The third kappa shape index (κ3) is 2.73. The average Bonchev–Trinajstić information content (AvgIpc) is 2.19. The highest BCUT2D eigenvalue weighted by Crippen LogP contribution is 2.20. The van der Waals surface area contributed by atoms with E-state index in [1.165, 1.54) is 6.08 Å². The van der Waals surface area contributed by atoms with Gasteiger partial charge in [0.25, 0.3) is 0 Å². The first-order valence-electron chi connectivity index (χ1n) is 3.64. The van der Waals surface area contributed by atoms with Crippen LogP contribution in [-0.4, -0.2) is 0 Å². The van der Waals surface area contributed by atoms with E-state index < -0.39 is 0 Å². The minimum absolute atomic E-state index is 0.0716. The molecule has 0 fully saturated rings. The molecule has 68 valence electrons. The average molecular weight is 315 g/mol. The van der Waals surface area contributed by atoms with Crippen molar-refractivity contribution in [1.29, 1.82) is 10.5 Å². The first-order chi connectivity index (χ1) is 6.67. The van der Waals surface area contributed by atoms with E-state index in [2.05, 4.69) is 22.6 Å². The molecule has 4 heteroatoms. The Morgan fingerprint density at radius 2 is 2.00 bits per heavy atom. The smallest absolute Gasteiger partial charge is 0.130 e. The molecule has 0 aliphatic carbocycles. The highest BCUT2D eigenvalue weighted by molar-refractivity contribution is 14.1. The van der Waals surface area contributed by atoms with Crippen LogP contribution >= 0.6 is 34.2 Å². The molecular weight excluding hydrogens is 310 g/mol. The lowest BCUT2D eigenvalue weighted by Crippen LogP contribution is -1.79. The molecular formula is C10H4ClIN2. The lowest BCUT2D eigenvalue weighted by atomic mass is 10.1. The molecule has 1 aromatic rings. The fraction of sp³-hybridized carbons (Fsp3) is 0. The second-order valence-electron chi connectivity index (χ2n) is 2.46. The predicted octanol–water partition coefficient (Wildman–Crippen LogP) is 3.38. The summed E-state index contributed by atoms with van der Waals surface area (Å²) in [4.78, 5) is 0. The summed E-state index contributed by atoms with van der Waals surface area (Å²) in [7, 11) is 0. The van der Waals surface area contributed by atoms with Gasteiger partial charge in [0, 0.05) is 3.57 Å². The van der Waals surface area contributed by atoms with Crippen LogP contribution in [0.1, 0.15) is 5.56 Å². The van der Waals surface area contributed by atoms with Gasteiger partial charge in [-0.05, 0) is 46.4 Å². The van der Waals surface area contributed by atoms with E-state index in [1.54, 1.807) is 18.2 Å². The third-order valence-electron chi connectivity index (χ3n) is 1.50. The van der Waals surface area contributed by atoms with Crippen molar-refractivity contribution in [2.75, 3.05) is 0 Å². The van der Waals surface area contributed by atoms with Crippen LogP contribution in [0.4, 0.5) is 0 Å². The van der Waals surface area contributed by atoms with Gasteiger partial charge in [-0.25, -0.2) is 0 Å². The van der Waals surface area contributed by atoms with Gasteiger partial charge in [-0.2, -0.15) is 10.5 Å². The van der Waals surface area contributed by atoms with Crippen LogP contribution < -0.4 is 0 Å². The summed E-state index contributed by atoms with van der Waals surface area (Å²) >= 11 is 7.99. The lowest BCUT2D eigenvalue weighted by Gasteiger charge is -1.97. The molecule has 2 nitrogen and oxygen atoms in total. The van der Waals surface area contributed by atoms with Crippen molar-refractivity contribution in [3.8, 4) is 12.1 Å². The molecule has 0 aromatic heterocycles. The summed E-state index contributed by atoms with van der Waals surface area (Å²) in [5.74, 6) is 0. The van der Waals surface area contributed by atoms with Gasteiger partial charge >= 0.3 is 0 Å². The van der Waals surface area contributed by atoms with Crippen LogP contribution in [0.5, 0.6) is 0 Å². The Morgan fingerprint density at radius 1 is 1.36 bits per heavy atom. The van der Waals surface area contributed by atoms with Gasteiger partial charge < -0.3 is 0 Å². The Morgan fingerprint density at radius 3 is 2.50 bits per heavy atom. The van der Waals surface area contributed by atoms with Crippen LogP contribution in [0, 0.1) is 26.2 Å². The first-order valence-corrected chi connectivity index (χ1v) is 5.10. The first kappa shape index (κ1) is 11.0. The van der Waals surface area contributed by atoms with Gasteiger partial charge in [0.2, 0.25) is 0 Å². The minimum atomic E-state index is 0.0716. The number of hydrogen-bond acceptors (Lipinski definition) is 2. The Labute approximate surface area is 101 Å². The number of nitriles is 2. The zero-order valence-corrected chi connectivity index (χ0v) is 9.87. The number of hydrogen-bond donors (Lipinski definition) is 0. The van der Waals surface area contributed by atoms with E-state index in [0.717, 1.165) is 9.13 Å². The SMILES string of the molecule is N#CC(C#N)=Cc1ccc(I)c(Cl)c1. The summed E-state index contributed by atoms with van der Waals surface area (Å²) in [5, 5.41) is 17.7. The highest BCUT2D eigenvalue weighted by atomic mass is 127. The second-order valence-corrected chi connectivity index (χ2v) is 4.02. The van der Waals surface area contributed by atoms with Crippen molar-refractivity contribution in [2.24, 2.45) is 0 Å². The predicted molar refractivity (Wildman–Crippen MR) is 63.4 cm³/mol. The number of halogens is 2. The molecule has 0 aliphatic rings. The fourth-order valence-electron chi connectivity index (χ4n) is 0.858. The van der Waals surface area contributed by atoms with Gasteiger partial charge in [0.05, 0.1) is 5.02 Å². The molecule has 0 saturated heterocycles. The summed E-state index contributed by atoms with van der Waals surface area (Å²) in [5.41, 5.74) is 0.829. The molecule has 0 radical (unpaired) electrons. The van der Waals surface area contributed by atoms with E-state index in [9.17, 15) is 0 Å². The topological polar surface area (TPSA) is 47.6 Å². The van der Waals surface area contributed by atoms with E-state index in [0.29, 0.717) is 5.02 Å². The Kier molecular flexibility index (Phi) is 3.94. The van der Waals surface area contributed by atoms with E-state index >= 15 is 0 Å². The van der Waals surface area contributed by atoms with Crippen LogP contribution in [0.15, 0.2) is 23.8 Å². The monoisotopic (exact) mass is 314 g/mol. The zero-order chi connectivity index (χ0) is 10.6. The Hall–Kier alpha value is -1.04. The van der Waals surface area contributed by atoms with Gasteiger partial charge in [-0.3, -0.25) is 0 Å². The summed E-state index contributed by atoms with van der Waals surface area (Å²) in [6.07, 6.45) is 1.50. The van der Waals surface area contributed by atoms with E-state index in [4.69, 9.17) is 22.1 Å². The van der Waals surface area contributed by atoms with Crippen molar-refractivity contribution in [3.05, 3.63) is 37.9 Å². The Balaban J connectivity index is 3.13. The maximum Gasteiger partial charge on any atom is 0.130 e. The molecule has 0 aliphatic heterocycles. The second kappa shape index (κ2) is 4.99. The highest BCUT2D eigenvalue weighted by Gasteiger charge is 1.98.